The summed E-state index contributed by atoms with van der Waals surface area (Å²) in [6.45, 7) is 7.33. The molecule has 11 heteroatoms. The smallest absolute Gasteiger partial charge is 0.277 e. The van der Waals surface area contributed by atoms with Crippen LogP contribution in [0.4, 0.5) is 0 Å². The summed E-state index contributed by atoms with van der Waals surface area (Å²) in [6, 6.07) is 6.47. The Kier molecular flexibility index (Phi) is 7.18. The van der Waals surface area contributed by atoms with E-state index in [0.29, 0.717) is 43.7 Å². The monoisotopic (exact) mass is 480 g/mol. The second-order valence-corrected chi connectivity index (χ2v) is 11.3. The first kappa shape index (κ1) is 23.2. The van der Waals surface area contributed by atoms with Crippen molar-refractivity contribution in [1.29, 1.82) is 0 Å². The highest BCUT2D eigenvalue weighted by molar-refractivity contribution is 7.99. The van der Waals surface area contributed by atoms with Crippen LogP contribution in [-0.4, -0.2) is 78.9 Å². The summed E-state index contributed by atoms with van der Waals surface area (Å²) in [5.41, 5.74) is 0.517. The molecule has 0 unspecified atom stereocenters. The Labute approximate surface area is 192 Å². The van der Waals surface area contributed by atoms with Gasteiger partial charge in [-0.3, -0.25) is 4.79 Å². The number of aromatic nitrogens is 2. The summed E-state index contributed by atoms with van der Waals surface area (Å²) in [4.78, 5) is 14.7. The Morgan fingerprint density at radius 1 is 1.16 bits per heavy atom. The van der Waals surface area contributed by atoms with Gasteiger partial charge in [0.15, 0.2) is 0 Å². The largest absolute Gasteiger partial charge is 0.411 e. The van der Waals surface area contributed by atoms with Crippen LogP contribution in [-0.2, 0) is 19.6 Å². The Bertz CT molecular complexity index is 1040. The van der Waals surface area contributed by atoms with Crippen molar-refractivity contribution in [2.24, 2.45) is 11.8 Å². The van der Waals surface area contributed by atoms with E-state index in [9.17, 15) is 13.2 Å². The van der Waals surface area contributed by atoms with E-state index in [1.165, 1.54) is 22.1 Å². The van der Waals surface area contributed by atoms with Gasteiger partial charge in [0.2, 0.25) is 21.8 Å². The number of rotatable bonds is 6. The molecule has 2 aliphatic heterocycles. The summed E-state index contributed by atoms with van der Waals surface area (Å²) in [5.74, 6) is 1.52. The molecule has 9 nitrogen and oxygen atoms in total. The first-order chi connectivity index (χ1) is 15.3. The number of carbonyl (C=O) groups excluding carboxylic acids is 1. The minimum atomic E-state index is -3.62. The summed E-state index contributed by atoms with van der Waals surface area (Å²) in [7, 11) is -3.62. The minimum Gasteiger partial charge on any atom is -0.411 e. The number of hydrogen-bond donors (Lipinski definition) is 0. The van der Waals surface area contributed by atoms with Gasteiger partial charge in [0.25, 0.3) is 5.22 Å². The number of likely N-dealkylation sites (tertiary alicyclic amines) is 1. The van der Waals surface area contributed by atoms with Gasteiger partial charge in [0.1, 0.15) is 0 Å². The highest BCUT2D eigenvalue weighted by atomic mass is 32.2. The van der Waals surface area contributed by atoms with E-state index in [1.807, 2.05) is 4.90 Å². The summed E-state index contributed by atoms with van der Waals surface area (Å²) >= 11 is 1.20. The Balaban J connectivity index is 1.41. The average molecular weight is 481 g/mol. The molecule has 32 heavy (non-hydrogen) atoms. The molecular formula is C21H28N4O5S2. The second kappa shape index (κ2) is 9.90. The molecule has 1 aromatic carbocycles. The molecule has 1 amide bonds. The number of hydrogen-bond acceptors (Lipinski definition) is 8. The molecule has 2 aromatic rings. The van der Waals surface area contributed by atoms with Crippen LogP contribution >= 0.6 is 11.8 Å². The lowest BCUT2D eigenvalue weighted by Crippen LogP contribution is -2.43. The van der Waals surface area contributed by atoms with Crippen molar-refractivity contribution in [2.75, 3.05) is 45.1 Å². The Hall–Kier alpha value is -1.95. The fraction of sp³-hybridized carbons (Fsp3) is 0.571. The Morgan fingerprint density at radius 3 is 2.59 bits per heavy atom. The van der Waals surface area contributed by atoms with Crippen LogP contribution in [0.15, 0.2) is 38.8 Å². The number of amides is 1. The average Bonchev–Trinajstić information content (AvgIpc) is 3.27. The maximum atomic E-state index is 12.9. The highest BCUT2D eigenvalue weighted by Crippen LogP contribution is 2.27. The van der Waals surface area contributed by atoms with Gasteiger partial charge in [0.05, 0.1) is 23.9 Å². The molecule has 1 aromatic heterocycles. The fourth-order valence-electron chi connectivity index (χ4n) is 4.19. The van der Waals surface area contributed by atoms with E-state index in [4.69, 9.17) is 9.15 Å². The van der Waals surface area contributed by atoms with Crippen molar-refractivity contribution in [1.82, 2.24) is 19.4 Å². The number of carbonyl (C=O) groups is 1. The molecule has 3 heterocycles. The number of morpholine rings is 1. The second-order valence-electron chi connectivity index (χ2n) is 8.45. The van der Waals surface area contributed by atoms with E-state index in [2.05, 4.69) is 24.0 Å². The van der Waals surface area contributed by atoms with Gasteiger partial charge >= 0.3 is 0 Å². The molecule has 0 radical (unpaired) electrons. The topological polar surface area (TPSA) is 106 Å². The lowest BCUT2D eigenvalue weighted by Gasteiger charge is -2.34. The normalized spacial score (nSPS) is 22.8. The zero-order chi connectivity index (χ0) is 22.7. The third kappa shape index (κ3) is 5.33. The van der Waals surface area contributed by atoms with E-state index in [0.717, 1.165) is 19.5 Å². The molecule has 4 rings (SSSR count). The number of benzene rings is 1. The number of ether oxygens (including phenoxy) is 1. The molecule has 2 atom stereocenters. The molecule has 0 spiro atoms. The minimum absolute atomic E-state index is 0.0618. The summed E-state index contributed by atoms with van der Waals surface area (Å²) in [5, 5.41) is 8.35. The fourth-order valence-corrected chi connectivity index (χ4v) is 6.31. The van der Waals surface area contributed by atoms with Crippen LogP contribution in [0.25, 0.3) is 11.5 Å². The van der Waals surface area contributed by atoms with E-state index < -0.39 is 10.0 Å². The molecule has 0 aliphatic carbocycles. The van der Waals surface area contributed by atoms with E-state index in [-0.39, 0.29) is 27.7 Å². The van der Waals surface area contributed by atoms with Crippen LogP contribution in [0.5, 0.6) is 0 Å². The molecule has 2 aliphatic rings. The lowest BCUT2D eigenvalue weighted by atomic mass is 9.92. The predicted octanol–water partition coefficient (Wildman–Crippen LogP) is 2.35. The van der Waals surface area contributed by atoms with Crippen LogP contribution in [0.2, 0.25) is 0 Å². The molecule has 0 saturated carbocycles. The van der Waals surface area contributed by atoms with Crippen molar-refractivity contribution in [3.05, 3.63) is 24.3 Å². The van der Waals surface area contributed by atoms with Gasteiger partial charge in [-0.1, -0.05) is 31.7 Å². The van der Waals surface area contributed by atoms with Crippen LogP contribution < -0.4 is 0 Å². The number of sulfonamides is 1. The maximum Gasteiger partial charge on any atom is 0.277 e. The van der Waals surface area contributed by atoms with Gasteiger partial charge in [-0.25, -0.2) is 8.42 Å². The highest BCUT2D eigenvalue weighted by Gasteiger charge is 2.28. The van der Waals surface area contributed by atoms with Crippen molar-refractivity contribution < 1.29 is 22.4 Å². The van der Waals surface area contributed by atoms with E-state index in [1.54, 1.807) is 18.2 Å². The van der Waals surface area contributed by atoms with Gasteiger partial charge in [-0.05, 0) is 36.5 Å². The van der Waals surface area contributed by atoms with Gasteiger partial charge in [-0.2, -0.15) is 4.31 Å². The van der Waals surface area contributed by atoms with Crippen molar-refractivity contribution in [2.45, 2.75) is 30.4 Å². The third-order valence-corrected chi connectivity index (χ3v) is 8.33. The molecule has 0 bridgehead atoms. The molecule has 2 saturated heterocycles. The number of thioether (sulfide) groups is 1. The van der Waals surface area contributed by atoms with Crippen molar-refractivity contribution in [3.63, 3.8) is 0 Å². The first-order valence-corrected chi connectivity index (χ1v) is 13.2. The lowest BCUT2D eigenvalue weighted by molar-refractivity contribution is -0.130. The third-order valence-electron chi connectivity index (χ3n) is 5.64. The standard InChI is InChI=1S/C21H28N4O5S2/c1-15-10-16(2)13-24(12-15)19(26)14-31-21-23-22-20(30-21)17-4-3-5-18(11-17)32(27,28)25-6-8-29-9-7-25/h3-5,11,15-16H,6-10,12-14H2,1-2H3/t15-,16+. The zero-order valence-corrected chi connectivity index (χ0v) is 19.9. The first-order valence-electron chi connectivity index (χ1n) is 10.8. The number of nitrogens with zero attached hydrogens (tertiary/aromatic N) is 4. The van der Waals surface area contributed by atoms with E-state index >= 15 is 0 Å². The molecule has 2 fully saturated rings. The van der Waals surface area contributed by atoms with Gasteiger partial charge in [0, 0.05) is 31.7 Å². The predicted molar refractivity (Wildman–Crippen MR) is 120 cm³/mol. The van der Waals surface area contributed by atoms with Crippen LogP contribution in [0.1, 0.15) is 20.3 Å². The van der Waals surface area contributed by atoms with Gasteiger partial charge < -0.3 is 14.1 Å². The Morgan fingerprint density at radius 2 is 1.88 bits per heavy atom. The maximum absolute atomic E-state index is 12.9. The molecular weight excluding hydrogens is 452 g/mol. The molecule has 174 valence electrons. The van der Waals surface area contributed by atoms with Crippen molar-refractivity contribution in [3.8, 4) is 11.5 Å². The van der Waals surface area contributed by atoms with Gasteiger partial charge in [-0.15, -0.1) is 10.2 Å². The van der Waals surface area contributed by atoms with Crippen LogP contribution in [0.3, 0.4) is 0 Å². The van der Waals surface area contributed by atoms with Crippen molar-refractivity contribution >= 4 is 27.7 Å². The quantitative estimate of drug-likeness (QED) is 0.580. The van der Waals surface area contributed by atoms with Crippen LogP contribution in [0, 0.1) is 11.8 Å². The SMILES string of the molecule is C[C@@H]1C[C@H](C)CN(C(=O)CSc2nnc(-c3cccc(S(=O)(=O)N4CCOCC4)c3)o2)C1. The molecule has 0 N–H and O–H groups in total. The summed E-state index contributed by atoms with van der Waals surface area (Å²) < 4.78 is 38.2. The number of piperidine rings is 1. The summed E-state index contributed by atoms with van der Waals surface area (Å²) in [6.07, 6.45) is 1.14. The zero-order valence-electron chi connectivity index (χ0n) is 18.3.